The minimum absolute atomic E-state index is 0. The van der Waals surface area contributed by atoms with Crippen LogP contribution in [0.15, 0.2) is 36.7 Å². The van der Waals surface area contributed by atoms with Crippen molar-refractivity contribution in [3.63, 3.8) is 0 Å². The van der Waals surface area contributed by atoms with Crippen LogP contribution in [0.25, 0.3) is 10.8 Å². The maximum absolute atomic E-state index is 10.9. The molecule has 0 saturated heterocycles. The minimum Gasteiger partial charge on any atom is -0.510 e. The molecule has 4 nitrogen and oxygen atoms in total. The van der Waals surface area contributed by atoms with E-state index in [1.807, 2.05) is 24.3 Å². The molecular weight excluding hydrogens is 293 g/mol. The Morgan fingerprint density at radius 1 is 1.35 bits per heavy atom. The van der Waals surface area contributed by atoms with E-state index >= 15 is 0 Å². The molecule has 1 aromatic carbocycles. The first-order chi connectivity index (χ1) is 7.79. The van der Waals surface area contributed by atoms with E-state index in [0.29, 0.717) is 0 Å². The normalized spacial score (nSPS) is 9.24. The first-order valence-corrected chi connectivity index (χ1v) is 4.81. The Kier molecular flexibility index (Phi) is 5.39. The number of nitrogens with one attached hydrogen (secondary N) is 1. The van der Waals surface area contributed by atoms with E-state index in [1.165, 1.54) is 13.7 Å². The number of hydrogen-bond donors (Lipinski definition) is 1. The largest absolute Gasteiger partial charge is 0.510 e. The van der Waals surface area contributed by atoms with Gasteiger partial charge in [-0.05, 0) is 23.6 Å². The van der Waals surface area contributed by atoms with Crippen molar-refractivity contribution in [2.45, 2.75) is 0 Å². The molecule has 1 aromatic heterocycles. The summed E-state index contributed by atoms with van der Waals surface area (Å²) in [5, 5.41) is 5.00. The van der Waals surface area contributed by atoms with E-state index < -0.39 is 5.97 Å². The van der Waals surface area contributed by atoms with Gasteiger partial charge in [-0.3, -0.25) is 9.78 Å². The van der Waals surface area contributed by atoms with Crippen LogP contribution in [0.1, 0.15) is 0 Å². The predicted molar refractivity (Wildman–Crippen MR) is 61.7 cm³/mol. The summed E-state index contributed by atoms with van der Waals surface area (Å²) in [4.78, 5) is 14.9. The van der Waals surface area contributed by atoms with Gasteiger partial charge >= 0.3 is 0 Å². The van der Waals surface area contributed by atoms with Crippen LogP contribution in [0.2, 0.25) is 0 Å². The van der Waals surface area contributed by atoms with Gasteiger partial charge in [-0.25, -0.2) is 6.54 Å². The van der Waals surface area contributed by atoms with Crippen LogP contribution in [-0.2, 0) is 42.2 Å². The van der Waals surface area contributed by atoms with E-state index in [0.717, 1.165) is 16.5 Å². The molecule has 0 spiro atoms. The van der Waals surface area contributed by atoms with Gasteiger partial charge in [-0.15, -0.1) is 0 Å². The van der Waals surface area contributed by atoms with Crippen LogP contribution >= 0.6 is 0 Å². The quantitative estimate of drug-likeness (QED) is 0.696. The molecule has 0 unspecified atom stereocenters. The Labute approximate surface area is 125 Å². The fourth-order valence-corrected chi connectivity index (χ4v) is 1.37. The number of carbonyl (C=O) groups excluding carboxylic acids is 1. The molecule has 85 valence electrons. The Bertz CT molecular complexity index is 517. The molecule has 17 heavy (non-hydrogen) atoms. The van der Waals surface area contributed by atoms with Crippen LogP contribution in [0.4, 0.5) is 5.69 Å². The molecule has 1 heterocycles. The van der Waals surface area contributed by atoms with Crippen molar-refractivity contribution in [2.75, 3.05) is 12.4 Å². The van der Waals surface area contributed by atoms with Gasteiger partial charge in [-0.2, -0.15) is 0 Å². The van der Waals surface area contributed by atoms with Gasteiger partial charge in [0.25, 0.3) is 0 Å². The third-order valence-electron chi connectivity index (χ3n) is 2.20. The first kappa shape index (κ1) is 13.9. The van der Waals surface area contributed by atoms with Crippen LogP contribution in [0.5, 0.6) is 0 Å². The number of anilines is 1. The van der Waals surface area contributed by atoms with E-state index in [4.69, 9.17) is 0 Å². The number of benzene rings is 1. The Morgan fingerprint density at radius 2 is 2.18 bits per heavy atom. The average Bonchev–Trinajstić information content (AvgIpc) is 2.35. The van der Waals surface area contributed by atoms with Gasteiger partial charge in [0.15, 0.2) is 5.97 Å². The van der Waals surface area contributed by atoms with Gasteiger partial charge in [0, 0.05) is 56.2 Å². The topological polar surface area (TPSA) is 51.2 Å². The number of methoxy groups -OCH3 is 1. The smallest absolute Gasteiger partial charge is 0.184 e. The molecule has 0 aliphatic rings. The second kappa shape index (κ2) is 6.57. The summed E-state index contributed by atoms with van der Waals surface area (Å²) in [7, 11) is 1.34. The summed E-state index contributed by atoms with van der Waals surface area (Å²) < 4.78 is 4.49. The summed E-state index contributed by atoms with van der Waals surface area (Å²) >= 11 is 0. The number of rotatable bonds is 3. The van der Waals surface area contributed by atoms with Crippen molar-refractivity contribution in [1.82, 2.24) is 4.98 Å². The Balaban J connectivity index is 0.00000144. The van der Waals surface area contributed by atoms with Crippen LogP contribution in [0, 0.1) is 6.54 Å². The van der Waals surface area contributed by atoms with Crippen LogP contribution < -0.4 is 5.32 Å². The fraction of sp³-hybridized carbons (Fsp3) is 0.0833. The number of pyridine rings is 1. The molecule has 5 heteroatoms. The van der Waals surface area contributed by atoms with Crippen LogP contribution in [-0.4, -0.2) is 18.1 Å². The van der Waals surface area contributed by atoms with Gasteiger partial charge in [0.05, 0.1) is 7.11 Å². The summed E-state index contributed by atoms with van der Waals surface area (Å²) in [6, 6.07) is 7.67. The summed E-state index contributed by atoms with van der Waals surface area (Å²) in [6.07, 6.45) is 3.53. The second-order valence-corrected chi connectivity index (χ2v) is 3.25. The van der Waals surface area contributed by atoms with Crippen LogP contribution in [0.3, 0.4) is 0 Å². The zero-order valence-electron chi connectivity index (χ0n) is 9.38. The number of nitrogens with zero attached hydrogens (tertiary/aromatic N) is 1. The van der Waals surface area contributed by atoms with Gasteiger partial charge in [0.1, 0.15) is 0 Å². The molecule has 1 radical (unpaired) electrons. The number of esters is 1. The van der Waals surface area contributed by atoms with E-state index in [2.05, 4.69) is 15.0 Å². The van der Waals surface area contributed by atoms with Crippen molar-refractivity contribution in [2.24, 2.45) is 0 Å². The number of carbonyl (C=O) groups is 1. The SMILES string of the molecule is COC(=O)[CH-]Nc1ccc2cnccc2c1.[Y]. The number of aromatic nitrogens is 1. The summed E-state index contributed by atoms with van der Waals surface area (Å²) in [5.74, 6) is -0.408. The van der Waals surface area contributed by atoms with Crippen molar-refractivity contribution in [3.05, 3.63) is 43.2 Å². The minimum atomic E-state index is -0.408. The maximum atomic E-state index is 10.9. The molecule has 0 bridgehead atoms. The molecule has 2 aromatic rings. The third kappa shape index (κ3) is 3.68. The molecule has 0 fully saturated rings. The second-order valence-electron chi connectivity index (χ2n) is 3.25. The number of fused-ring (bicyclic) bond motifs is 1. The molecule has 2 rings (SSSR count). The fourth-order valence-electron chi connectivity index (χ4n) is 1.37. The molecule has 0 saturated carbocycles. The van der Waals surface area contributed by atoms with Gasteiger partial charge in [-0.1, -0.05) is 6.07 Å². The summed E-state index contributed by atoms with van der Waals surface area (Å²) in [5.41, 5.74) is 0.837. The van der Waals surface area contributed by atoms with E-state index in [-0.39, 0.29) is 32.7 Å². The molecule has 0 aliphatic heterocycles. The zero-order valence-corrected chi connectivity index (χ0v) is 12.2. The number of ether oxygens (including phenoxy) is 1. The van der Waals surface area contributed by atoms with Crippen molar-refractivity contribution < 1.29 is 42.2 Å². The molecular formula is C12H11N2O2Y-. The Hall–Kier alpha value is -1.13. The summed E-state index contributed by atoms with van der Waals surface area (Å²) in [6.45, 7) is 1.28. The molecule has 0 atom stereocenters. The molecule has 0 aliphatic carbocycles. The standard InChI is InChI=1S/C12H11N2O2.Y/c1-16-12(15)8-14-11-3-2-10-7-13-5-4-9(10)6-11;/h2-8,14H,1H3;/q-1;. The first-order valence-electron chi connectivity index (χ1n) is 4.81. The Morgan fingerprint density at radius 3 is 2.94 bits per heavy atom. The van der Waals surface area contributed by atoms with E-state index in [1.54, 1.807) is 12.4 Å². The molecule has 1 N–H and O–H groups in total. The zero-order chi connectivity index (χ0) is 11.4. The van der Waals surface area contributed by atoms with Gasteiger partial charge < -0.3 is 10.1 Å². The number of hydrogen-bond acceptors (Lipinski definition) is 4. The van der Waals surface area contributed by atoms with Crippen molar-refractivity contribution in [1.29, 1.82) is 0 Å². The van der Waals surface area contributed by atoms with Crippen molar-refractivity contribution >= 4 is 22.4 Å². The maximum Gasteiger partial charge on any atom is 0.184 e. The van der Waals surface area contributed by atoms with Gasteiger partial charge in [0.2, 0.25) is 0 Å². The predicted octanol–water partition coefficient (Wildman–Crippen LogP) is 1.98. The van der Waals surface area contributed by atoms with E-state index in [9.17, 15) is 4.79 Å². The third-order valence-corrected chi connectivity index (χ3v) is 2.20. The monoisotopic (exact) mass is 304 g/mol. The van der Waals surface area contributed by atoms with Crippen molar-refractivity contribution in [3.8, 4) is 0 Å². The molecule has 0 amide bonds. The average molecular weight is 304 g/mol.